The van der Waals surface area contributed by atoms with Gasteiger partial charge in [0.1, 0.15) is 9.84 Å². The number of halogens is 1. The predicted molar refractivity (Wildman–Crippen MR) is 80.0 cm³/mol. The smallest absolute Gasteiger partial charge is 0.238 e. The van der Waals surface area contributed by atoms with Crippen molar-refractivity contribution in [3.05, 3.63) is 28.7 Å². The number of anilines is 1. The molecule has 0 aliphatic heterocycles. The van der Waals surface area contributed by atoms with Crippen molar-refractivity contribution < 1.29 is 13.2 Å². The molecule has 0 bridgehead atoms. The van der Waals surface area contributed by atoms with Gasteiger partial charge in [0.25, 0.3) is 0 Å². The van der Waals surface area contributed by atoms with Crippen LogP contribution < -0.4 is 10.6 Å². The highest BCUT2D eigenvalue weighted by Gasteiger charge is 2.05. The van der Waals surface area contributed by atoms with E-state index in [9.17, 15) is 13.2 Å². The number of hydrogen-bond donors (Lipinski definition) is 2. The van der Waals surface area contributed by atoms with Gasteiger partial charge in [-0.1, -0.05) is 12.1 Å². The third-order valence-corrected chi connectivity index (χ3v) is 4.02. The van der Waals surface area contributed by atoms with Gasteiger partial charge in [0.15, 0.2) is 0 Å². The fourth-order valence-corrected chi connectivity index (χ4v) is 2.47. The van der Waals surface area contributed by atoms with Crippen LogP contribution in [0.15, 0.2) is 28.7 Å². The highest BCUT2D eigenvalue weighted by atomic mass is 79.9. The molecule has 0 unspecified atom stereocenters. The number of para-hydroxylation sites is 1. The number of carbonyl (C=O) groups is 1. The largest absolute Gasteiger partial charge is 0.324 e. The van der Waals surface area contributed by atoms with Gasteiger partial charge in [-0.25, -0.2) is 8.42 Å². The summed E-state index contributed by atoms with van der Waals surface area (Å²) in [7, 11) is -2.93. The first-order valence-electron chi connectivity index (χ1n) is 5.81. The van der Waals surface area contributed by atoms with E-state index in [1.165, 1.54) is 6.26 Å². The molecule has 0 aromatic heterocycles. The van der Waals surface area contributed by atoms with Crippen molar-refractivity contribution in [1.29, 1.82) is 0 Å². The standard InChI is InChI=1S/C12H17BrN2O3S/c1-19(17,18)8-4-7-14-9-12(16)15-11-6-3-2-5-10(11)13/h2-3,5-6,14H,4,7-9H2,1H3,(H,15,16). The van der Waals surface area contributed by atoms with Crippen LogP contribution in [0.1, 0.15) is 6.42 Å². The van der Waals surface area contributed by atoms with Crippen LogP contribution >= 0.6 is 15.9 Å². The molecule has 1 amide bonds. The summed E-state index contributed by atoms with van der Waals surface area (Å²) in [5.41, 5.74) is 0.713. The Morgan fingerprint density at radius 1 is 1.32 bits per heavy atom. The molecule has 0 saturated carbocycles. The molecule has 19 heavy (non-hydrogen) atoms. The first kappa shape index (κ1) is 16.1. The second-order valence-corrected chi connectivity index (χ2v) is 7.30. The molecule has 1 aromatic rings. The van der Waals surface area contributed by atoms with Gasteiger partial charge < -0.3 is 10.6 Å². The topological polar surface area (TPSA) is 75.3 Å². The summed E-state index contributed by atoms with van der Waals surface area (Å²) < 4.78 is 22.6. The van der Waals surface area contributed by atoms with E-state index in [1.807, 2.05) is 18.2 Å². The fourth-order valence-electron chi connectivity index (χ4n) is 1.42. The molecule has 0 aliphatic carbocycles. The molecule has 0 radical (unpaired) electrons. The first-order chi connectivity index (χ1) is 8.88. The third kappa shape index (κ3) is 7.29. The lowest BCUT2D eigenvalue weighted by Crippen LogP contribution is -2.29. The zero-order valence-corrected chi connectivity index (χ0v) is 13.1. The van der Waals surface area contributed by atoms with E-state index in [0.717, 1.165) is 4.47 Å². The number of rotatable bonds is 7. The summed E-state index contributed by atoms with van der Waals surface area (Å²) in [5, 5.41) is 5.66. The highest BCUT2D eigenvalue weighted by molar-refractivity contribution is 9.10. The van der Waals surface area contributed by atoms with Gasteiger partial charge in [-0.15, -0.1) is 0 Å². The van der Waals surface area contributed by atoms with E-state index in [1.54, 1.807) is 6.07 Å². The van der Waals surface area contributed by atoms with E-state index in [-0.39, 0.29) is 18.2 Å². The van der Waals surface area contributed by atoms with E-state index < -0.39 is 9.84 Å². The average Bonchev–Trinajstić information content (AvgIpc) is 2.30. The fraction of sp³-hybridized carbons (Fsp3) is 0.417. The van der Waals surface area contributed by atoms with Crippen molar-refractivity contribution in [3.8, 4) is 0 Å². The summed E-state index contributed by atoms with van der Waals surface area (Å²) >= 11 is 3.34. The predicted octanol–water partition coefficient (Wildman–Crippen LogP) is 1.41. The van der Waals surface area contributed by atoms with Gasteiger partial charge in [0.05, 0.1) is 18.0 Å². The summed E-state index contributed by atoms with van der Waals surface area (Å²) in [6.45, 7) is 0.654. The SMILES string of the molecule is CS(=O)(=O)CCCNCC(=O)Nc1ccccc1Br. The summed E-state index contributed by atoms with van der Waals surface area (Å²) in [6, 6.07) is 7.34. The lowest BCUT2D eigenvalue weighted by Gasteiger charge is -2.08. The molecule has 5 nitrogen and oxygen atoms in total. The van der Waals surface area contributed by atoms with Crippen LogP contribution in [0, 0.1) is 0 Å². The number of benzene rings is 1. The number of carbonyl (C=O) groups excluding carboxylic acids is 1. The van der Waals surface area contributed by atoms with Gasteiger partial charge in [-0.05, 0) is 41.0 Å². The Morgan fingerprint density at radius 2 is 2.00 bits per heavy atom. The Kier molecular flexibility index (Phi) is 6.47. The minimum Gasteiger partial charge on any atom is -0.324 e. The van der Waals surface area contributed by atoms with E-state index in [2.05, 4.69) is 26.6 Å². The molecular weight excluding hydrogens is 332 g/mol. The van der Waals surface area contributed by atoms with Crippen LogP contribution in [-0.4, -0.2) is 39.4 Å². The van der Waals surface area contributed by atoms with Crippen molar-refractivity contribution in [3.63, 3.8) is 0 Å². The maximum absolute atomic E-state index is 11.6. The van der Waals surface area contributed by atoms with E-state index >= 15 is 0 Å². The molecule has 1 rings (SSSR count). The molecule has 2 N–H and O–H groups in total. The minimum atomic E-state index is -2.93. The average molecular weight is 349 g/mol. The lowest BCUT2D eigenvalue weighted by atomic mass is 10.3. The summed E-state index contributed by atoms with van der Waals surface area (Å²) in [6.07, 6.45) is 1.70. The minimum absolute atomic E-state index is 0.131. The van der Waals surface area contributed by atoms with Crippen LogP contribution in [0.5, 0.6) is 0 Å². The molecule has 7 heteroatoms. The molecule has 106 valence electrons. The van der Waals surface area contributed by atoms with Gasteiger partial charge in [-0.2, -0.15) is 0 Å². The summed E-state index contributed by atoms with van der Waals surface area (Å²) in [5.74, 6) is -0.0301. The maximum Gasteiger partial charge on any atom is 0.238 e. The Hall–Kier alpha value is -0.920. The first-order valence-corrected chi connectivity index (χ1v) is 8.66. The van der Waals surface area contributed by atoms with Crippen LogP contribution in [0.25, 0.3) is 0 Å². The molecule has 0 heterocycles. The van der Waals surface area contributed by atoms with Crippen LogP contribution in [0.3, 0.4) is 0 Å². The highest BCUT2D eigenvalue weighted by Crippen LogP contribution is 2.20. The number of amides is 1. The second kappa shape index (κ2) is 7.62. The lowest BCUT2D eigenvalue weighted by molar-refractivity contribution is -0.115. The molecule has 0 spiro atoms. The van der Waals surface area contributed by atoms with Gasteiger partial charge in [0.2, 0.25) is 5.91 Å². The van der Waals surface area contributed by atoms with Crippen molar-refractivity contribution in [2.45, 2.75) is 6.42 Å². The third-order valence-electron chi connectivity index (χ3n) is 2.30. The summed E-state index contributed by atoms with van der Waals surface area (Å²) in [4.78, 5) is 11.6. The van der Waals surface area contributed by atoms with Gasteiger partial charge >= 0.3 is 0 Å². The zero-order chi connectivity index (χ0) is 14.3. The molecule has 0 saturated heterocycles. The Balaban J connectivity index is 2.24. The van der Waals surface area contributed by atoms with Crippen molar-refractivity contribution >= 4 is 37.4 Å². The monoisotopic (exact) mass is 348 g/mol. The van der Waals surface area contributed by atoms with Crippen LogP contribution in [0.4, 0.5) is 5.69 Å². The molecule has 0 fully saturated rings. The molecule has 0 atom stereocenters. The van der Waals surface area contributed by atoms with Gasteiger partial charge in [0, 0.05) is 10.7 Å². The van der Waals surface area contributed by atoms with Crippen molar-refractivity contribution in [2.24, 2.45) is 0 Å². The Bertz CT molecular complexity index is 532. The zero-order valence-electron chi connectivity index (χ0n) is 10.6. The second-order valence-electron chi connectivity index (χ2n) is 4.19. The Morgan fingerprint density at radius 3 is 2.63 bits per heavy atom. The number of hydrogen-bond acceptors (Lipinski definition) is 4. The molecular formula is C12H17BrN2O3S. The maximum atomic E-state index is 11.6. The van der Waals surface area contributed by atoms with E-state index in [0.29, 0.717) is 18.7 Å². The normalized spacial score (nSPS) is 11.3. The van der Waals surface area contributed by atoms with Crippen molar-refractivity contribution in [2.75, 3.05) is 30.4 Å². The number of nitrogens with one attached hydrogen (secondary N) is 2. The van der Waals surface area contributed by atoms with E-state index in [4.69, 9.17) is 0 Å². The van der Waals surface area contributed by atoms with Crippen molar-refractivity contribution in [1.82, 2.24) is 5.32 Å². The Labute approximate surface area is 121 Å². The molecule has 1 aromatic carbocycles. The molecule has 0 aliphatic rings. The quantitative estimate of drug-likeness (QED) is 0.730. The van der Waals surface area contributed by atoms with Crippen LogP contribution in [-0.2, 0) is 14.6 Å². The number of sulfone groups is 1. The van der Waals surface area contributed by atoms with Crippen LogP contribution in [0.2, 0.25) is 0 Å². The van der Waals surface area contributed by atoms with Gasteiger partial charge in [-0.3, -0.25) is 4.79 Å².